The normalized spacial score (nSPS) is 22.6. The summed E-state index contributed by atoms with van der Waals surface area (Å²) in [4.78, 5) is 5.02. The van der Waals surface area contributed by atoms with E-state index in [1.54, 1.807) is 0 Å². The first-order chi connectivity index (χ1) is 8.17. The van der Waals surface area contributed by atoms with Gasteiger partial charge in [0.1, 0.15) is 0 Å². The van der Waals surface area contributed by atoms with Gasteiger partial charge in [-0.05, 0) is 33.4 Å². The van der Waals surface area contributed by atoms with Gasteiger partial charge in [-0.3, -0.25) is 4.90 Å². The molecule has 0 saturated carbocycles. The summed E-state index contributed by atoms with van der Waals surface area (Å²) < 4.78 is 5.88. The molecular weight excluding hydrogens is 280 g/mol. The maximum absolute atomic E-state index is 5.88. The zero-order chi connectivity index (χ0) is 12.7. The zero-order valence-corrected chi connectivity index (χ0v) is 13.1. The number of alkyl halides is 1. The van der Waals surface area contributed by atoms with E-state index in [1.807, 2.05) is 0 Å². The van der Waals surface area contributed by atoms with E-state index in [-0.39, 0.29) is 0 Å². The summed E-state index contributed by atoms with van der Waals surface area (Å²) in [5.41, 5.74) is 0. The van der Waals surface area contributed by atoms with Crippen LogP contribution in [0, 0.1) is 0 Å². The molecule has 0 aromatic rings. The lowest BCUT2D eigenvalue weighted by Gasteiger charge is -2.37. The molecule has 1 fully saturated rings. The van der Waals surface area contributed by atoms with E-state index < -0.39 is 0 Å². The Morgan fingerprint density at radius 2 is 2.24 bits per heavy atom. The second kappa shape index (κ2) is 8.46. The van der Waals surface area contributed by atoms with Crippen molar-refractivity contribution in [3.8, 4) is 0 Å². The molecule has 0 bridgehead atoms. The largest absolute Gasteiger partial charge is 0.374 e. The number of hydrogen-bond donors (Lipinski definition) is 0. The Bertz CT molecular complexity index is 202. The molecule has 4 heteroatoms. The SMILES string of the molecule is CCN(CCCBr)CC1CN(C(C)C)CCO1. The highest BCUT2D eigenvalue weighted by Gasteiger charge is 2.23. The molecule has 0 N–H and O–H groups in total. The van der Waals surface area contributed by atoms with Gasteiger partial charge in [-0.1, -0.05) is 22.9 Å². The molecule has 0 aromatic heterocycles. The minimum Gasteiger partial charge on any atom is -0.374 e. The molecule has 1 unspecified atom stereocenters. The van der Waals surface area contributed by atoms with Gasteiger partial charge in [0, 0.05) is 31.0 Å². The summed E-state index contributed by atoms with van der Waals surface area (Å²) in [7, 11) is 0. The molecule has 17 heavy (non-hydrogen) atoms. The molecule has 1 aliphatic heterocycles. The molecule has 102 valence electrons. The monoisotopic (exact) mass is 306 g/mol. The van der Waals surface area contributed by atoms with Crippen LogP contribution in [0.25, 0.3) is 0 Å². The summed E-state index contributed by atoms with van der Waals surface area (Å²) in [6.45, 7) is 13.2. The minimum atomic E-state index is 0.390. The van der Waals surface area contributed by atoms with E-state index >= 15 is 0 Å². The van der Waals surface area contributed by atoms with Crippen molar-refractivity contribution in [2.24, 2.45) is 0 Å². The van der Waals surface area contributed by atoms with Crippen LogP contribution in [0.15, 0.2) is 0 Å². The first-order valence-electron chi connectivity index (χ1n) is 6.81. The molecule has 3 nitrogen and oxygen atoms in total. The number of rotatable bonds is 7. The van der Waals surface area contributed by atoms with Gasteiger partial charge >= 0.3 is 0 Å². The molecule has 1 saturated heterocycles. The molecule has 1 aliphatic rings. The highest BCUT2D eigenvalue weighted by atomic mass is 79.9. The van der Waals surface area contributed by atoms with Crippen LogP contribution in [0.2, 0.25) is 0 Å². The van der Waals surface area contributed by atoms with Gasteiger partial charge in [0.2, 0.25) is 0 Å². The van der Waals surface area contributed by atoms with Crippen LogP contribution in [-0.2, 0) is 4.74 Å². The van der Waals surface area contributed by atoms with Gasteiger partial charge in [0.05, 0.1) is 12.7 Å². The lowest BCUT2D eigenvalue weighted by Crippen LogP contribution is -2.49. The third kappa shape index (κ3) is 5.69. The highest BCUT2D eigenvalue weighted by molar-refractivity contribution is 9.09. The van der Waals surface area contributed by atoms with Gasteiger partial charge in [-0.2, -0.15) is 0 Å². The fraction of sp³-hybridized carbons (Fsp3) is 1.00. The molecule has 0 spiro atoms. The lowest BCUT2D eigenvalue weighted by molar-refractivity contribution is -0.0515. The molecule has 1 atom stereocenters. The van der Waals surface area contributed by atoms with E-state index in [0.717, 1.165) is 38.1 Å². The molecule has 0 aliphatic carbocycles. The minimum absolute atomic E-state index is 0.390. The van der Waals surface area contributed by atoms with Gasteiger partial charge in [-0.25, -0.2) is 0 Å². The lowest BCUT2D eigenvalue weighted by atomic mass is 10.2. The van der Waals surface area contributed by atoms with Gasteiger partial charge in [0.25, 0.3) is 0 Å². The van der Waals surface area contributed by atoms with E-state index in [0.29, 0.717) is 12.1 Å². The second-order valence-corrected chi connectivity index (χ2v) is 5.81. The van der Waals surface area contributed by atoms with E-state index in [9.17, 15) is 0 Å². The first-order valence-corrected chi connectivity index (χ1v) is 7.93. The molecule has 0 amide bonds. The van der Waals surface area contributed by atoms with Crippen molar-refractivity contribution < 1.29 is 4.74 Å². The maximum atomic E-state index is 5.88. The average Bonchev–Trinajstić information content (AvgIpc) is 2.34. The van der Waals surface area contributed by atoms with Crippen molar-refractivity contribution in [1.82, 2.24) is 9.80 Å². The molecule has 1 rings (SSSR count). The first kappa shape index (κ1) is 15.4. The van der Waals surface area contributed by atoms with Gasteiger partial charge in [-0.15, -0.1) is 0 Å². The molecule has 0 radical (unpaired) electrons. The van der Waals surface area contributed by atoms with Crippen LogP contribution in [0.5, 0.6) is 0 Å². The Hall–Kier alpha value is 0.360. The van der Waals surface area contributed by atoms with Crippen molar-refractivity contribution in [3.63, 3.8) is 0 Å². The summed E-state index contributed by atoms with van der Waals surface area (Å²) in [6, 6.07) is 0.638. The smallest absolute Gasteiger partial charge is 0.0829 e. The third-order valence-electron chi connectivity index (χ3n) is 3.42. The summed E-state index contributed by atoms with van der Waals surface area (Å²) in [6.07, 6.45) is 1.61. The molecule has 1 heterocycles. The third-order valence-corrected chi connectivity index (χ3v) is 3.98. The number of halogens is 1. The highest BCUT2D eigenvalue weighted by Crippen LogP contribution is 2.10. The Kier molecular flexibility index (Phi) is 7.67. The Morgan fingerprint density at radius 3 is 2.82 bits per heavy atom. The summed E-state index contributed by atoms with van der Waals surface area (Å²) >= 11 is 3.49. The van der Waals surface area contributed by atoms with E-state index in [4.69, 9.17) is 4.74 Å². The van der Waals surface area contributed by atoms with Gasteiger partial charge in [0.15, 0.2) is 0 Å². The number of morpholine rings is 1. The maximum Gasteiger partial charge on any atom is 0.0829 e. The van der Waals surface area contributed by atoms with Crippen molar-refractivity contribution in [2.75, 3.05) is 44.7 Å². The Labute approximate surface area is 115 Å². The average molecular weight is 307 g/mol. The van der Waals surface area contributed by atoms with Crippen molar-refractivity contribution in [1.29, 1.82) is 0 Å². The summed E-state index contributed by atoms with van der Waals surface area (Å²) in [5.74, 6) is 0. The van der Waals surface area contributed by atoms with Crippen LogP contribution in [0.1, 0.15) is 27.2 Å². The van der Waals surface area contributed by atoms with Crippen molar-refractivity contribution >= 4 is 15.9 Å². The topological polar surface area (TPSA) is 15.7 Å². The predicted octanol–water partition coefficient (Wildman–Crippen LogP) is 2.20. The fourth-order valence-electron chi connectivity index (χ4n) is 2.27. The number of likely N-dealkylation sites (N-methyl/N-ethyl adjacent to an activating group) is 1. The quantitative estimate of drug-likeness (QED) is 0.671. The molecule has 0 aromatic carbocycles. The van der Waals surface area contributed by atoms with Crippen molar-refractivity contribution in [2.45, 2.75) is 39.3 Å². The number of nitrogens with zero attached hydrogens (tertiary/aromatic N) is 2. The molecular formula is C13H27BrN2O. The number of ether oxygens (including phenoxy) is 1. The van der Waals surface area contributed by atoms with Crippen LogP contribution >= 0.6 is 15.9 Å². The standard InChI is InChI=1S/C13H27BrN2O/c1-4-15(7-5-6-14)10-13-11-16(12(2)3)8-9-17-13/h12-13H,4-11H2,1-3H3. The summed E-state index contributed by atoms with van der Waals surface area (Å²) in [5, 5.41) is 1.09. The Morgan fingerprint density at radius 1 is 1.47 bits per heavy atom. The van der Waals surface area contributed by atoms with Crippen LogP contribution in [0.4, 0.5) is 0 Å². The van der Waals surface area contributed by atoms with Crippen LogP contribution < -0.4 is 0 Å². The van der Waals surface area contributed by atoms with E-state index in [2.05, 4.69) is 46.5 Å². The van der Waals surface area contributed by atoms with Crippen LogP contribution in [-0.4, -0.2) is 66.6 Å². The predicted molar refractivity (Wildman–Crippen MR) is 77.0 cm³/mol. The van der Waals surface area contributed by atoms with E-state index in [1.165, 1.54) is 13.0 Å². The fourth-order valence-corrected chi connectivity index (χ4v) is 2.52. The van der Waals surface area contributed by atoms with Crippen molar-refractivity contribution in [3.05, 3.63) is 0 Å². The zero-order valence-electron chi connectivity index (χ0n) is 11.5. The number of hydrogen-bond acceptors (Lipinski definition) is 3. The van der Waals surface area contributed by atoms with Crippen LogP contribution in [0.3, 0.4) is 0 Å². The Balaban J connectivity index is 2.33. The second-order valence-electron chi connectivity index (χ2n) is 5.02. The van der Waals surface area contributed by atoms with Gasteiger partial charge < -0.3 is 9.64 Å².